The summed E-state index contributed by atoms with van der Waals surface area (Å²) in [6.45, 7) is 4.24. The van der Waals surface area contributed by atoms with Crippen molar-refractivity contribution in [3.05, 3.63) is 29.8 Å². The average Bonchev–Trinajstić information content (AvgIpc) is 2.30. The van der Waals surface area contributed by atoms with Gasteiger partial charge in [0.25, 0.3) is 0 Å². The lowest BCUT2D eigenvalue weighted by atomic mass is 10.2. The lowest BCUT2D eigenvalue weighted by Gasteiger charge is -2.19. The van der Waals surface area contributed by atoms with Gasteiger partial charge >= 0.3 is 16.2 Å². The molecular weight excluding hydrogens is 256 g/mol. The molecule has 0 radical (unpaired) electrons. The van der Waals surface area contributed by atoms with Gasteiger partial charge in [0.2, 0.25) is 0 Å². The van der Waals surface area contributed by atoms with E-state index >= 15 is 0 Å². The molecule has 0 atom stereocenters. The van der Waals surface area contributed by atoms with Crippen molar-refractivity contribution in [1.29, 1.82) is 0 Å². The van der Waals surface area contributed by atoms with E-state index in [1.807, 2.05) is 0 Å². The van der Waals surface area contributed by atoms with E-state index in [0.717, 1.165) is 0 Å². The molecule has 0 aliphatic heterocycles. The quantitative estimate of drug-likeness (QED) is 0.819. The van der Waals surface area contributed by atoms with Crippen molar-refractivity contribution >= 4 is 21.9 Å². The number of hydrogen-bond donors (Lipinski definition) is 2. The zero-order valence-corrected chi connectivity index (χ0v) is 11.1. The van der Waals surface area contributed by atoms with Gasteiger partial charge in [-0.25, -0.2) is 4.79 Å². The highest BCUT2D eigenvalue weighted by Gasteiger charge is 2.18. The number of carbonyl (C=O) groups is 1. The van der Waals surface area contributed by atoms with Gasteiger partial charge in [0.1, 0.15) is 0 Å². The van der Waals surface area contributed by atoms with Crippen LogP contribution in [-0.4, -0.2) is 36.9 Å². The molecule has 0 amide bonds. The van der Waals surface area contributed by atoms with Crippen LogP contribution in [0.2, 0.25) is 0 Å². The van der Waals surface area contributed by atoms with E-state index in [9.17, 15) is 13.2 Å². The summed E-state index contributed by atoms with van der Waals surface area (Å²) in [5.41, 5.74) is 0.452. The molecule has 0 saturated heterocycles. The van der Waals surface area contributed by atoms with Crippen LogP contribution in [0, 0.1) is 0 Å². The Morgan fingerprint density at radius 2 is 1.72 bits per heavy atom. The molecule has 1 rings (SSSR count). The molecule has 100 valence electrons. The molecule has 0 aliphatic carbocycles. The molecule has 7 heteroatoms. The molecule has 0 bridgehead atoms. The van der Waals surface area contributed by atoms with Crippen LogP contribution < -0.4 is 4.72 Å². The third kappa shape index (κ3) is 3.44. The van der Waals surface area contributed by atoms with Gasteiger partial charge in [-0.2, -0.15) is 12.7 Å². The Morgan fingerprint density at radius 1 is 1.22 bits per heavy atom. The second-order valence-corrected chi connectivity index (χ2v) is 5.24. The minimum absolute atomic E-state index is 0.112. The summed E-state index contributed by atoms with van der Waals surface area (Å²) in [6.07, 6.45) is 0. The van der Waals surface area contributed by atoms with Crippen molar-refractivity contribution in [3.8, 4) is 0 Å². The van der Waals surface area contributed by atoms with Crippen LogP contribution in [0.1, 0.15) is 24.2 Å². The Bertz CT molecular complexity index is 506. The second kappa shape index (κ2) is 5.83. The number of aromatic carboxylic acids is 1. The van der Waals surface area contributed by atoms with E-state index in [-0.39, 0.29) is 5.56 Å². The first kappa shape index (κ1) is 14.5. The van der Waals surface area contributed by atoms with Gasteiger partial charge < -0.3 is 5.11 Å². The number of carboxylic acids is 1. The van der Waals surface area contributed by atoms with Crippen LogP contribution in [0.15, 0.2) is 24.3 Å². The molecule has 1 aromatic rings. The minimum Gasteiger partial charge on any atom is -0.478 e. The number of anilines is 1. The van der Waals surface area contributed by atoms with Gasteiger partial charge in [-0.05, 0) is 24.3 Å². The first-order valence-corrected chi connectivity index (χ1v) is 6.96. The van der Waals surface area contributed by atoms with Crippen LogP contribution in [0.4, 0.5) is 5.69 Å². The monoisotopic (exact) mass is 272 g/mol. The third-order valence-corrected chi connectivity index (χ3v) is 4.11. The van der Waals surface area contributed by atoms with Crippen molar-refractivity contribution in [2.75, 3.05) is 17.8 Å². The Kier molecular flexibility index (Phi) is 4.69. The van der Waals surface area contributed by atoms with Crippen molar-refractivity contribution in [3.63, 3.8) is 0 Å². The van der Waals surface area contributed by atoms with E-state index in [0.29, 0.717) is 18.8 Å². The maximum Gasteiger partial charge on any atom is 0.335 e. The number of nitrogens with one attached hydrogen (secondary N) is 1. The van der Waals surface area contributed by atoms with Gasteiger partial charge in [-0.3, -0.25) is 4.72 Å². The Hall–Kier alpha value is -1.60. The summed E-state index contributed by atoms with van der Waals surface area (Å²) < 4.78 is 27.4. The second-order valence-electron chi connectivity index (χ2n) is 3.57. The smallest absolute Gasteiger partial charge is 0.335 e. The van der Waals surface area contributed by atoms with Gasteiger partial charge in [-0.1, -0.05) is 13.8 Å². The Morgan fingerprint density at radius 3 is 2.11 bits per heavy atom. The zero-order valence-electron chi connectivity index (χ0n) is 10.3. The predicted molar refractivity (Wildman–Crippen MR) is 68.9 cm³/mol. The molecule has 0 aromatic heterocycles. The highest BCUT2D eigenvalue weighted by molar-refractivity contribution is 7.90. The summed E-state index contributed by atoms with van der Waals surface area (Å²) in [4.78, 5) is 10.7. The van der Waals surface area contributed by atoms with Gasteiger partial charge in [0.05, 0.1) is 5.56 Å². The normalized spacial score (nSPS) is 11.5. The number of carboxylic acid groups (broad SMARTS) is 1. The van der Waals surface area contributed by atoms with Crippen LogP contribution in [0.25, 0.3) is 0 Å². The molecule has 0 heterocycles. The topological polar surface area (TPSA) is 86.7 Å². The molecule has 2 N–H and O–H groups in total. The maximum atomic E-state index is 11.9. The van der Waals surface area contributed by atoms with Crippen molar-refractivity contribution in [2.45, 2.75) is 13.8 Å². The first-order valence-electron chi connectivity index (χ1n) is 5.52. The Balaban J connectivity index is 2.88. The maximum absolute atomic E-state index is 11.9. The predicted octanol–water partition coefficient (Wildman–Crippen LogP) is 1.38. The SMILES string of the molecule is CCN(CC)S(=O)(=O)Nc1ccc(C(=O)O)cc1. The fraction of sp³-hybridized carbons (Fsp3) is 0.364. The van der Waals surface area contributed by atoms with Gasteiger partial charge in [-0.15, -0.1) is 0 Å². The first-order chi connectivity index (χ1) is 8.40. The summed E-state index contributed by atoms with van der Waals surface area (Å²) in [5, 5.41) is 8.73. The molecule has 0 aliphatic rings. The molecule has 1 aromatic carbocycles. The zero-order chi connectivity index (χ0) is 13.8. The van der Waals surface area contributed by atoms with E-state index in [2.05, 4.69) is 4.72 Å². The highest BCUT2D eigenvalue weighted by Crippen LogP contribution is 2.13. The van der Waals surface area contributed by atoms with E-state index in [4.69, 9.17) is 5.11 Å². The third-order valence-electron chi connectivity index (χ3n) is 2.42. The highest BCUT2D eigenvalue weighted by atomic mass is 32.2. The lowest BCUT2D eigenvalue weighted by molar-refractivity contribution is 0.0697. The molecule has 0 unspecified atom stereocenters. The molecule has 0 fully saturated rings. The number of hydrogen-bond acceptors (Lipinski definition) is 3. The van der Waals surface area contributed by atoms with Gasteiger partial charge in [0, 0.05) is 18.8 Å². The van der Waals surface area contributed by atoms with Crippen molar-refractivity contribution in [2.24, 2.45) is 0 Å². The molecule has 0 spiro atoms. The number of nitrogens with zero attached hydrogens (tertiary/aromatic N) is 1. The van der Waals surface area contributed by atoms with Crippen LogP contribution in [0.3, 0.4) is 0 Å². The van der Waals surface area contributed by atoms with Crippen molar-refractivity contribution in [1.82, 2.24) is 4.31 Å². The number of rotatable bonds is 6. The minimum atomic E-state index is -3.57. The molecule has 18 heavy (non-hydrogen) atoms. The molecule has 6 nitrogen and oxygen atoms in total. The average molecular weight is 272 g/mol. The summed E-state index contributed by atoms with van der Waals surface area (Å²) >= 11 is 0. The molecule has 0 saturated carbocycles. The van der Waals surface area contributed by atoms with E-state index in [1.165, 1.54) is 28.6 Å². The van der Waals surface area contributed by atoms with Crippen LogP contribution in [-0.2, 0) is 10.2 Å². The fourth-order valence-corrected chi connectivity index (χ4v) is 2.70. The van der Waals surface area contributed by atoms with Crippen LogP contribution in [0.5, 0.6) is 0 Å². The molecular formula is C11H16N2O4S. The number of benzene rings is 1. The van der Waals surface area contributed by atoms with E-state index < -0.39 is 16.2 Å². The lowest BCUT2D eigenvalue weighted by Crippen LogP contribution is -2.35. The Labute approximate surface area is 106 Å². The van der Waals surface area contributed by atoms with Crippen molar-refractivity contribution < 1.29 is 18.3 Å². The standard InChI is InChI=1S/C11H16N2O4S/c1-3-13(4-2)18(16,17)12-10-7-5-9(6-8-10)11(14)15/h5-8,12H,3-4H2,1-2H3,(H,14,15). The fourth-order valence-electron chi connectivity index (χ4n) is 1.46. The summed E-state index contributed by atoms with van der Waals surface area (Å²) in [6, 6.07) is 5.54. The van der Waals surface area contributed by atoms with Gasteiger partial charge in [0.15, 0.2) is 0 Å². The summed E-state index contributed by atoms with van der Waals surface area (Å²) in [7, 11) is -3.57. The summed E-state index contributed by atoms with van der Waals surface area (Å²) in [5.74, 6) is -1.05. The van der Waals surface area contributed by atoms with Crippen LogP contribution >= 0.6 is 0 Å². The van der Waals surface area contributed by atoms with E-state index in [1.54, 1.807) is 13.8 Å². The largest absolute Gasteiger partial charge is 0.478 e.